The van der Waals surface area contributed by atoms with Crippen LogP contribution in [0.25, 0.3) is 0 Å². The second kappa shape index (κ2) is 12.7. The van der Waals surface area contributed by atoms with E-state index in [0.717, 1.165) is 23.3 Å². The molecule has 8 heteroatoms. The molecule has 0 aliphatic carbocycles. The van der Waals surface area contributed by atoms with Gasteiger partial charge in [-0.2, -0.15) is 0 Å². The third-order valence-corrected chi connectivity index (χ3v) is 5.65. The summed E-state index contributed by atoms with van der Waals surface area (Å²) in [5, 5.41) is 20.3. The zero-order valence-corrected chi connectivity index (χ0v) is 20.4. The average Bonchev–Trinajstić information content (AvgIpc) is 2.78. The molecule has 0 radical (unpaired) electrons. The van der Waals surface area contributed by atoms with Crippen molar-refractivity contribution in [3.05, 3.63) is 71.1 Å². The molecule has 2 aromatic rings. The van der Waals surface area contributed by atoms with Gasteiger partial charge in [-0.15, -0.1) is 11.6 Å². The highest BCUT2D eigenvalue weighted by Crippen LogP contribution is 2.34. The Hall–Kier alpha value is -2.45. The third-order valence-electron chi connectivity index (χ3n) is 5.39. The summed E-state index contributed by atoms with van der Waals surface area (Å²) in [6.45, 7) is 6.92. The van der Waals surface area contributed by atoms with Crippen LogP contribution in [0.15, 0.2) is 54.4 Å². The highest BCUT2D eigenvalue weighted by atomic mass is 35.5. The molecule has 6 N–H and O–H groups in total. The molecule has 0 fully saturated rings. The van der Waals surface area contributed by atoms with Crippen LogP contribution in [0, 0.1) is 6.92 Å². The van der Waals surface area contributed by atoms with Crippen LogP contribution < -0.4 is 21.1 Å². The molecule has 0 amide bonds. The van der Waals surface area contributed by atoms with E-state index in [4.69, 9.17) is 37.8 Å². The Morgan fingerprint density at radius 1 is 1.15 bits per heavy atom. The van der Waals surface area contributed by atoms with E-state index in [9.17, 15) is 5.11 Å². The Morgan fingerprint density at radius 3 is 2.42 bits per heavy atom. The number of alkyl halides is 1. The van der Waals surface area contributed by atoms with Gasteiger partial charge >= 0.3 is 0 Å². The highest BCUT2D eigenvalue weighted by Gasteiger charge is 2.24. The smallest absolute Gasteiger partial charge is 0.122 e. The fourth-order valence-electron chi connectivity index (χ4n) is 3.37. The number of hydrogen-bond acceptors (Lipinski definition) is 7. The van der Waals surface area contributed by atoms with Crippen LogP contribution in [0.2, 0.25) is 0 Å². The SMILES string of the molecule is Cc1cc(C(C)(C)c2ccc(OCC(O)CN(N)/C=C(\N)CO)cc2)ccc1OCCCCl. The predicted molar refractivity (Wildman–Crippen MR) is 132 cm³/mol. The van der Waals surface area contributed by atoms with Crippen LogP contribution in [-0.2, 0) is 5.41 Å². The van der Waals surface area contributed by atoms with Gasteiger partial charge in [-0.05, 0) is 48.2 Å². The molecule has 0 bridgehead atoms. The molecular weight excluding hydrogens is 442 g/mol. The summed E-state index contributed by atoms with van der Waals surface area (Å²) in [7, 11) is 0. The molecule has 33 heavy (non-hydrogen) atoms. The Labute approximate surface area is 201 Å². The molecule has 0 heterocycles. The van der Waals surface area contributed by atoms with Crippen molar-refractivity contribution in [2.45, 2.75) is 38.7 Å². The Bertz CT molecular complexity index is 903. The number of benzene rings is 2. The van der Waals surface area contributed by atoms with Crippen molar-refractivity contribution >= 4 is 11.6 Å². The van der Waals surface area contributed by atoms with E-state index in [2.05, 4.69) is 26.0 Å². The molecule has 0 aliphatic rings. The van der Waals surface area contributed by atoms with E-state index in [0.29, 0.717) is 18.2 Å². The summed E-state index contributed by atoms with van der Waals surface area (Å²) in [5.41, 5.74) is 8.94. The molecule has 1 atom stereocenters. The van der Waals surface area contributed by atoms with Gasteiger partial charge in [0.05, 0.1) is 25.5 Å². The fraction of sp³-hybridized carbons (Fsp3) is 0.440. The summed E-state index contributed by atoms with van der Waals surface area (Å²) in [6.07, 6.45) is 1.38. The van der Waals surface area contributed by atoms with E-state index >= 15 is 0 Å². The second-order valence-corrected chi connectivity index (χ2v) is 8.92. The third kappa shape index (κ3) is 8.12. The number of nitrogens with two attached hydrogens (primary N) is 2. The Morgan fingerprint density at radius 2 is 1.82 bits per heavy atom. The first-order valence-electron chi connectivity index (χ1n) is 11.0. The van der Waals surface area contributed by atoms with Crippen LogP contribution in [0.5, 0.6) is 11.5 Å². The van der Waals surface area contributed by atoms with E-state index in [1.807, 2.05) is 37.3 Å². The number of hydrogen-bond donors (Lipinski definition) is 4. The van der Waals surface area contributed by atoms with Crippen LogP contribution in [0.1, 0.15) is 37.0 Å². The van der Waals surface area contributed by atoms with Gasteiger partial charge in [0, 0.05) is 17.5 Å². The Balaban J connectivity index is 1.98. The van der Waals surface area contributed by atoms with E-state index in [1.165, 1.54) is 16.8 Å². The Kier molecular flexibility index (Phi) is 10.3. The van der Waals surface area contributed by atoms with Gasteiger partial charge in [0.15, 0.2) is 0 Å². The van der Waals surface area contributed by atoms with Crippen LogP contribution in [0.3, 0.4) is 0 Å². The molecule has 0 spiro atoms. The maximum atomic E-state index is 10.1. The molecular formula is C25H36ClN3O4. The number of aliphatic hydroxyl groups is 2. The molecule has 2 rings (SSSR count). The summed E-state index contributed by atoms with van der Waals surface area (Å²) in [4.78, 5) is 0. The highest BCUT2D eigenvalue weighted by molar-refractivity contribution is 6.17. The summed E-state index contributed by atoms with van der Waals surface area (Å²) in [5.74, 6) is 7.86. The van der Waals surface area contributed by atoms with Crippen molar-refractivity contribution < 1.29 is 19.7 Å². The standard InChI is InChI=1S/C25H36ClN3O4/c1-18-13-20(7-10-24(18)32-12-4-11-26)25(2,3)19-5-8-23(9-6-19)33-17-22(31)15-29(28)14-21(27)16-30/h5-10,13-14,22,30-31H,4,11-12,15-17,27-28H2,1-3H3/b21-14-. The monoisotopic (exact) mass is 477 g/mol. The van der Waals surface area contributed by atoms with Crippen LogP contribution in [0.4, 0.5) is 0 Å². The van der Waals surface area contributed by atoms with Crippen LogP contribution in [-0.4, -0.2) is 53.6 Å². The first kappa shape index (κ1) is 26.8. The quantitative estimate of drug-likeness (QED) is 0.152. The lowest BCUT2D eigenvalue weighted by molar-refractivity contribution is 0.0815. The maximum absolute atomic E-state index is 10.1. The summed E-state index contributed by atoms with van der Waals surface area (Å²) in [6, 6.07) is 14.1. The molecule has 1 unspecified atom stereocenters. The van der Waals surface area contributed by atoms with Gasteiger partial charge in [0.25, 0.3) is 0 Å². The molecule has 182 valence electrons. The lowest BCUT2D eigenvalue weighted by Crippen LogP contribution is -2.37. The topological polar surface area (TPSA) is 114 Å². The number of aliphatic hydroxyl groups excluding tert-OH is 2. The molecule has 0 aromatic heterocycles. The maximum Gasteiger partial charge on any atom is 0.122 e. The molecule has 0 saturated carbocycles. The zero-order valence-electron chi connectivity index (χ0n) is 19.6. The molecule has 7 nitrogen and oxygen atoms in total. The fourth-order valence-corrected chi connectivity index (χ4v) is 3.48. The number of ether oxygens (including phenoxy) is 2. The molecule has 0 aliphatic heterocycles. The lowest BCUT2D eigenvalue weighted by Gasteiger charge is -2.27. The first-order valence-corrected chi connectivity index (χ1v) is 11.5. The first-order chi connectivity index (χ1) is 15.7. The van der Waals surface area contributed by atoms with E-state index in [-0.39, 0.29) is 30.9 Å². The lowest BCUT2D eigenvalue weighted by atomic mass is 9.77. The summed E-state index contributed by atoms with van der Waals surface area (Å²) >= 11 is 5.73. The number of aryl methyl sites for hydroxylation is 1. The minimum atomic E-state index is -0.818. The zero-order chi connectivity index (χ0) is 24.4. The van der Waals surface area contributed by atoms with Crippen molar-refractivity contribution in [1.29, 1.82) is 0 Å². The van der Waals surface area contributed by atoms with E-state index < -0.39 is 6.10 Å². The van der Waals surface area contributed by atoms with Crippen molar-refractivity contribution in [3.63, 3.8) is 0 Å². The number of rotatable bonds is 13. The normalized spacial score (nSPS) is 13.0. The second-order valence-electron chi connectivity index (χ2n) is 8.54. The van der Waals surface area contributed by atoms with Gasteiger partial charge < -0.3 is 30.4 Å². The molecule has 0 saturated heterocycles. The van der Waals surface area contributed by atoms with Crippen molar-refractivity contribution in [2.75, 3.05) is 32.2 Å². The van der Waals surface area contributed by atoms with Crippen molar-refractivity contribution in [3.8, 4) is 11.5 Å². The minimum Gasteiger partial charge on any atom is -0.493 e. The van der Waals surface area contributed by atoms with Crippen molar-refractivity contribution in [2.24, 2.45) is 11.6 Å². The number of hydrazine groups is 1. The van der Waals surface area contributed by atoms with Gasteiger partial charge in [0.2, 0.25) is 0 Å². The average molecular weight is 478 g/mol. The minimum absolute atomic E-state index is 0.0771. The van der Waals surface area contributed by atoms with Gasteiger partial charge in [-0.3, -0.25) is 0 Å². The predicted octanol–water partition coefficient (Wildman–Crippen LogP) is 3.04. The van der Waals surface area contributed by atoms with Crippen molar-refractivity contribution in [1.82, 2.24) is 5.01 Å². The largest absolute Gasteiger partial charge is 0.493 e. The van der Waals surface area contributed by atoms with Crippen LogP contribution >= 0.6 is 11.6 Å². The van der Waals surface area contributed by atoms with Gasteiger partial charge in [-0.25, -0.2) is 5.84 Å². The summed E-state index contributed by atoms with van der Waals surface area (Å²) < 4.78 is 11.5. The number of halogens is 1. The number of nitrogens with zero attached hydrogens (tertiary/aromatic N) is 1. The molecule has 2 aromatic carbocycles. The van der Waals surface area contributed by atoms with Gasteiger partial charge in [-0.1, -0.05) is 38.1 Å². The van der Waals surface area contributed by atoms with E-state index in [1.54, 1.807) is 0 Å². The van der Waals surface area contributed by atoms with Gasteiger partial charge in [0.1, 0.15) is 24.2 Å².